The molecule has 104 valence electrons. The van der Waals surface area contributed by atoms with Gasteiger partial charge in [0.25, 0.3) is 5.91 Å². The van der Waals surface area contributed by atoms with Crippen LogP contribution in [0, 0.1) is 0 Å². The van der Waals surface area contributed by atoms with Crippen LogP contribution in [0.3, 0.4) is 0 Å². The summed E-state index contributed by atoms with van der Waals surface area (Å²) in [6.07, 6.45) is 2.19. The Kier molecular flexibility index (Phi) is 4.15. The summed E-state index contributed by atoms with van der Waals surface area (Å²) in [5.41, 5.74) is 0. The highest BCUT2D eigenvalue weighted by Crippen LogP contribution is 2.20. The van der Waals surface area contributed by atoms with Crippen molar-refractivity contribution in [3.63, 3.8) is 0 Å². The van der Waals surface area contributed by atoms with Crippen LogP contribution in [0.15, 0.2) is 17.5 Å². The van der Waals surface area contributed by atoms with Crippen molar-refractivity contribution in [2.45, 2.75) is 18.9 Å². The standard InChI is InChI=1S/C14H20N2O2S/c17-14(13-2-1-11-19-13)16-5-3-12(4-6-16)15-7-9-18-10-8-15/h1-2,11-12H,3-10H2. The lowest BCUT2D eigenvalue weighted by Crippen LogP contribution is -2.50. The van der Waals surface area contributed by atoms with Crippen LogP contribution >= 0.6 is 11.3 Å². The molecule has 19 heavy (non-hydrogen) atoms. The number of hydrogen-bond donors (Lipinski definition) is 0. The average Bonchev–Trinajstić information content (AvgIpc) is 3.02. The second kappa shape index (κ2) is 6.03. The van der Waals surface area contributed by atoms with E-state index in [9.17, 15) is 4.79 Å². The molecule has 5 heteroatoms. The minimum atomic E-state index is 0.204. The number of piperidine rings is 1. The molecule has 2 aliphatic rings. The van der Waals surface area contributed by atoms with Crippen molar-refractivity contribution >= 4 is 17.2 Å². The van der Waals surface area contributed by atoms with E-state index in [1.54, 1.807) is 0 Å². The molecule has 0 aromatic carbocycles. The molecule has 1 aromatic heterocycles. The summed E-state index contributed by atoms with van der Waals surface area (Å²) in [6.45, 7) is 5.58. The van der Waals surface area contributed by atoms with Crippen LogP contribution < -0.4 is 0 Å². The molecular weight excluding hydrogens is 260 g/mol. The number of likely N-dealkylation sites (tertiary alicyclic amines) is 1. The lowest BCUT2D eigenvalue weighted by molar-refractivity contribution is 0.00164. The van der Waals surface area contributed by atoms with Gasteiger partial charge in [0.2, 0.25) is 0 Å². The maximum absolute atomic E-state index is 12.2. The van der Waals surface area contributed by atoms with Crippen molar-refractivity contribution in [1.82, 2.24) is 9.80 Å². The number of amides is 1. The minimum absolute atomic E-state index is 0.204. The first-order valence-corrected chi connectivity index (χ1v) is 7.87. The molecule has 3 rings (SSSR count). The van der Waals surface area contributed by atoms with Gasteiger partial charge >= 0.3 is 0 Å². The van der Waals surface area contributed by atoms with Gasteiger partial charge in [-0.25, -0.2) is 0 Å². The topological polar surface area (TPSA) is 32.8 Å². The summed E-state index contributed by atoms with van der Waals surface area (Å²) in [7, 11) is 0. The van der Waals surface area contributed by atoms with Crippen LogP contribution in [0.5, 0.6) is 0 Å². The van der Waals surface area contributed by atoms with Gasteiger partial charge in [0.15, 0.2) is 0 Å². The molecule has 0 aliphatic carbocycles. The maximum Gasteiger partial charge on any atom is 0.263 e. The number of rotatable bonds is 2. The Bertz CT molecular complexity index is 407. The SMILES string of the molecule is O=C(c1cccs1)N1CCC(N2CCOCC2)CC1. The summed E-state index contributed by atoms with van der Waals surface area (Å²) in [5, 5.41) is 1.97. The highest BCUT2D eigenvalue weighted by molar-refractivity contribution is 7.12. The second-order valence-electron chi connectivity index (χ2n) is 5.15. The molecule has 0 atom stereocenters. The van der Waals surface area contributed by atoms with Crippen LogP contribution in [0.1, 0.15) is 22.5 Å². The van der Waals surface area contributed by atoms with Crippen molar-refractivity contribution in [1.29, 1.82) is 0 Å². The fourth-order valence-electron chi connectivity index (χ4n) is 2.93. The Morgan fingerprint density at radius 2 is 1.95 bits per heavy atom. The molecule has 2 fully saturated rings. The van der Waals surface area contributed by atoms with E-state index in [4.69, 9.17) is 4.74 Å². The zero-order chi connectivity index (χ0) is 13.1. The summed E-state index contributed by atoms with van der Waals surface area (Å²) < 4.78 is 5.39. The minimum Gasteiger partial charge on any atom is -0.379 e. The lowest BCUT2D eigenvalue weighted by atomic mass is 10.0. The van der Waals surface area contributed by atoms with Crippen molar-refractivity contribution in [2.24, 2.45) is 0 Å². The number of thiophene rings is 1. The van der Waals surface area contributed by atoms with E-state index in [0.29, 0.717) is 6.04 Å². The molecule has 0 radical (unpaired) electrons. The zero-order valence-electron chi connectivity index (χ0n) is 11.1. The van der Waals surface area contributed by atoms with Crippen molar-refractivity contribution < 1.29 is 9.53 Å². The molecule has 4 nitrogen and oxygen atoms in total. The molecule has 2 aliphatic heterocycles. The molecule has 0 spiro atoms. The third-order valence-corrected chi connectivity index (χ3v) is 4.90. The number of carbonyl (C=O) groups excluding carboxylic acids is 1. The number of hydrogen-bond acceptors (Lipinski definition) is 4. The number of nitrogens with zero attached hydrogens (tertiary/aromatic N) is 2. The van der Waals surface area contributed by atoms with Crippen molar-refractivity contribution in [2.75, 3.05) is 39.4 Å². The van der Waals surface area contributed by atoms with Gasteiger partial charge in [-0.1, -0.05) is 6.07 Å². The van der Waals surface area contributed by atoms with Crippen LogP contribution in [0.25, 0.3) is 0 Å². The monoisotopic (exact) mass is 280 g/mol. The normalized spacial score (nSPS) is 22.6. The van der Waals surface area contributed by atoms with E-state index in [-0.39, 0.29) is 5.91 Å². The summed E-state index contributed by atoms with van der Waals surface area (Å²) in [5.74, 6) is 0.204. The Hall–Kier alpha value is -0.910. The highest BCUT2D eigenvalue weighted by Gasteiger charge is 2.28. The molecule has 0 unspecified atom stereocenters. The van der Waals surface area contributed by atoms with E-state index in [2.05, 4.69) is 4.90 Å². The third kappa shape index (κ3) is 2.99. The largest absolute Gasteiger partial charge is 0.379 e. The molecule has 2 saturated heterocycles. The molecule has 0 N–H and O–H groups in total. The van der Waals surface area contributed by atoms with E-state index < -0.39 is 0 Å². The quantitative estimate of drug-likeness (QED) is 0.826. The average molecular weight is 280 g/mol. The first-order valence-electron chi connectivity index (χ1n) is 6.99. The number of ether oxygens (including phenoxy) is 1. The first kappa shape index (κ1) is 13.1. The second-order valence-corrected chi connectivity index (χ2v) is 6.10. The van der Waals surface area contributed by atoms with Gasteiger partial charge in [-0.15, -0.1) is 11.3 Å². The predicted molar refractivity (Wildman–Crippen MR) is 75.6 cm³/mol. The van der Waals surface area contributed by atoms with Gasteiger partial charge in [-0.3, -0.25) is 9.69 Å². The van der Waals surface area contributed by atoms with E-state index in [1.165, 1.54) is 11.3 Å². The predicted octanol–water partition coefficient (Wildman–Crippen LogP) is 1.68. The smallest absolute Gasteiger partial charge is 0.263 e. The molecule has 1 aromatic rings. The van der Waals surface area contributed by atoms with Gasteiger partial charge in [-0.2, -0.15) is 0 Å². The fourth-order valence-corrected chi connectivity index (χ4v) is 3.62. The Morgan fingerprint density at radius 1 is 1.21 bits per heavy atom. The Balaban J connectivity index is 1.53. The van der Waals surface area contributed by atoms with E-state index in [0.717, 1.165) is 57.1 Å². The molecular formula is C14H20N2O2S. The third-order valence-electron chi connectivity index (χ3n) is 4.05. The van der Waals surface area contributed by atoms with Crippen molar-refractivity contribution in [3.05, 3.63) is 22.4 Å². The first-order chi connectivity index (χ1) is 9.34. The molecule has 3 heterocycles. The Morgan fingerprint density at radius 3 is 2.58 bits per heavy atom. The lowest BCUT2D eigenvalue weighted by Gasteiger charge is -2.40. The summed E-state index contributed by atoms with van der Waals surface area (Å²) in [4.78, 5) is 17.6. The molecule has 0 saturated carbocycles. The van der Waals surface area contributed by atoms with E-state index >= 15 is 0 Å². The maximum atomic E-state index is 12.2. The highest BCUT2D eigenvalue weighted by atomic mass is 32.1. The van der Waals surface area contributed by atoms with Crippen LogP contribution in [-0.2, 0) is 4.74 Å². The molecule has 0 bridgehead atoms. The van der Waals surface area contributed by atoms with Gasteiger partial charge in [-0.05, 0) is 24.3 Å². The fraction of sp³-hybridized carbons (Fsp3) is 0.643. The van der Waals surface area contributed by atoms with Crippen LogP contribution in [0.4, 0.5) is 0 Å². The molecule has 1 amide bonds. The summed E-state index contributed by atoms with van der Waals surface area (Å²) >= 11 is 1.54. The summed E-state index contributed by atoms with van der Waals surface area (Å²) in [6, 6.07) is 4.50. The van der Waals surface area contributed by atoms with E-state index in [1.807, 2.05) is 22.4 Å². The van der Waals surface area contributed by atoms with Crippen molar-refractivity contribution in [3.8, 4) is 0 Å². The van der Waals surface area contributed by atoms with Gasteiger partial charge in [0, 0.05) is 32.2 Å². The Labute approximate surface area is 118 Å². The number of morpholine rings is 1. The van der Waals surface area contributed by atoms with Gasteiger partial charge < -0.3 is 9.64 Å². The van der Waals surface area contributed by atoms with Gasteiger partial charge in [0.1, 0.15) is 0 Å². The number of carbonyl (C=O) groups is 1. The van der Waals surface area contributed by atoms with Crippen LogP contribution in [0.2, 0.25) is 0 Å². The zero-order valence-corrected chi connectivity index (χ0v) is 11.9. The van der Waals surface area contributed by atoms with Gasteiger partial charge in [0.05, 0.1) is 18.1 Å². The van der Waals surface area contributed by atoms with Crippen LogP contribution in [-0.4, -0.2) is 61.1 Å².